The Morgan fingerprint density at radius 2 is 2.12 bits per heavy atom. The molecule has 0 radical (unpaired) electrons. The second kappa shape index (κ2) is 12.3. The molecule has 5 rings (SSSR count). The van der Waals surface area contributed by atoms with Gasteiger partial charge in [-0.2, -0.15) is 9.50 Å². The molecular weight excluding hydrogens is 630 g/mol. The molecule has 0 bridgehead atoms. The van der Waals surface area contributed by atoms with Gasteiger partial charge in [-0.15, -0.1) is 23.1 Å². The Bertz CT molecular complexity index is 1750. The van der Waals surface area contributed by atoms with Gasteiger partial charge in [0.05, 0.1) is 12.8 Å². The maximum Gasteiger partial charge on any atom is 0.512 e. The third-order valence-electron chi connectivity index (χ3n) is 5.86. The number of aromatic amines is 1. The molecule has 1 fully saturated rings. The molecule has 2 aliphatic heterocycles. The first-order valence-corrected chi connectivity index (χ1v) is 15.0. The molecule has 21 heteroatoms. The second-order valence-electron chi connectivity index (χ2n) is 8.48. The van der Waals surface area contributed by atoms with Gasteiger partial charge in [0.15, 0.2) is 16.0 Å². The molecule has 2 atom stereocenters. The predicted molar refractivity (Wildman–Crippen MR) is 152 cm³/mol. The Morgan fingerprint density at radius 3 is 2.79 bits per heavy atom. The minimum absolute atomic E-state index is 0.00263. The number of thioether (sulfide) groups is 2. The average molecular weight is 652 g/mol. The number of thiazole rings is 1. The summed E-state index contributed by atoms with van der Waals surface area (Å²) in [5, 5.41) is 19.7. The number of carbonyl (C=O) groups is 4. The average Bonchev–Trinajstić information content (AvgIpc) is 3.59. The van der Waals surface area contributed by atoms with Crippen LogP contribution in [0, 0.1) is 0 Å². The van der Waals surface area contributed by atoms with Crippen LogP contribution in [0.25, 0.3) is 5.78 Å². The molecule has 0 aliphatic carbocycles. The lowest BCUT2D eigenvalue weighted by atomic mass is 10.1. The number of carboxylic acid groups (broad SMARTS) is 1. The van der Waals surface area contributed by atoms with Crippen molar-refractivity contribution in [3.05, 3.63) is 44.6 Å². The van der Waals surface area contributed by atoms with E-state index in [2.05, 4.69) is 30.5 Å². The number of carbonyl (C=O) groups excluding carboxylic acids is 3. The van der Waals surface area contributed by atoms with E-state index in [9.17, 15) is 29.1 Å². The molecule has 5 heterocycles. The van der Waals surface area contributed by atoms with Crippen LogP contribution in [0.2, 0.25) is 0 Å². The van der Waals surface area contributed by atoms with Gasteiger partial charge in [0.1, 0.15) is 29.8 Å². The second-order valence-corrected chi connectivity index (χ2v) is 11.4. The summed E-state index contributed by atoms with van der Waals surface area (Å²) in [5.41, 5.74) is 5.09. The van der Waals surface area contributed by atoms with Gasteiger partial charge < -0.3 is 30.5 Å². The molecule has 0 saturated carbocycles. The van der Waals surface area contributed by atoms with Crippen LogP contribution in [0.15, 0.2) is 38.1 Å². The van der Waals surface area contributed by atoms with E-state index in [1.54, 1.807) is 6.92 Å². The van der Waals surface area contributed by atoms with Crippen LogP contribution in [0.4, 0.5) is 9.93 Å². The number of hydrogen-bond acceptors (Lipinski definition) is 16. The molecule has 1 saturated heterocycles. The van der Waals surface area contributed by atoms with Crippen LogP contribution in [-0.4, -0.2) is 101 Å². The number of nitrogen functional groups attached to an aromatic ring is 1. The third-order valence-corrected chi connectivity index (χ3v) is 8.82. The first-order chi connectivity index (χ1) is 20.6. The minimum Gasteiger partial charge on any atom is -0.462 e. The van der Waals surface area contributed by atoms with Crippen molar-refractivity contribution in [1.82, 2.24) is 34.8 Å². The summed E-state index contributed by atoms with van der Waals surface area (Å²) in [7, 11) is 1.25. The van der Waals surface area contributed by atoms with Crippen LogP contribution in [0.5, 0.6) is 0 Å². The van der Waals surface area contributed by atoms with E-state index in [4.69, 9.17) is 20.0 Å². The zero-order chi connectivity index (χ0) is 30.8. The number of β-lactam (4-membered cyclic amide) rings is 1. The number of rotatable bonds is 10. The Kier molecular flexibility index (Phi) is 8.54. The summed E-state index contributed by atoms with van der Waals surface area (Å²) in [5.74, 6) is -2.00. The lowest BCUT2D eigenvalue weighted by Crippen LogP contribution is -2.70. The first-order valence-electron chi connectivity index (χ1n) is 12.1. The summed E-state index contributed by atoms with van der Waals surface area (Å²) >= 11 is 3.45. The molecule has 226 valence electrons. The van der Waals surface area contributed by atoms with Crippen molar-refractivity contribution in [3.8, 4) is 0 Å². The van der Waals surface area contributed by atoms with E-state index in [0.29, 0.717) is 5.57 Å². The van der Waals surface area contributed by atoms with Crippen molar-refractivity contribution in [1.29, 1.82) is 0 Å². The summed E-state index contributed by atoms with van der Waals surface area (Å²) in [4.78, 5) is 80.4. The molecular formula is C22H21N9O9S3. The van der Waals surface area contributed by atoms with Gasteiger partial charge in [-0.25, -0.2) is 19.6 Å². The Hall–Kier alpha value is -4.63. The van der Waals surface area contributed by atoms with Crippen molar-refractivity contribution in [2.45, 2.75) is 23.5 Å². The topological polar surface area (TPSA) is 246 Å². The van der Waals surface area contributed by atoms with Crippen molar-refractivity contribution >= 4 is 75.4 Å². The number of aromatic nitrogens is 5. The van der Waals surface area contributed by atoms with Crippen LogP contribution >= 0.6 is 34.9 Å². The highest BCUT2D eigenvalue weighted by Crippen LogP contribution is 2.41. The van der Waals surface area contributed by atoms with Crippen molar-refractivity contribution in [3.63, 3.8) is 0 Å². The van der Waals surface area contributed by atoms with Crippen molar-refractivity contribution in [2.24, 2.45) is 5.16 Å². The summed E-state index contributed by atoms with van der Waals surface area (Å²) in [6.07, 6.45) is -0.560. The van der Waals surface area contributed by atoms with Crippen molar-refractivity contribution in [2.75, 3.05) is 31.0 Å². The Labute approximate surface area is 252 Å². The van der Waals surface area contributed by atoms with E-state index in [1.807, 2.05) is 0 Å². The number of oxime groups is 1. The fraction of sp³-hybridized carbons (Fsp3) is 0.318. The lowest BCUT2D eigenvalue weighted by molar-refractivity contribution is -0.148. The highest BCUT2D eigenvalue weighted by Gasteiger charge is 2.54. The summed E-state index contributed by atoms with van der Waals surface area (Å²) in [6, 6.07) is -1.01. The number of ether oxygens (including phenoxy) is 2. The number of H-pyrrole nitrogens is 1. The monoisotopic (exact) mass is 651 g/mol. The lowest BCUT2D eigenvalue weighted by Gasteiger charge is -2.49. The maximum absolute atomic E-state index is 13.1. The molecule has 43 heavy (non-hydrogen) atoms. The smallest absolute Gasteiger partial charge is 0.462 e. The molecule has 0 aromatic carbocycles. The zero-order valence-electron chi connectivity index (χ0n) is 22.1. The molecule has 18 nitrogen and oxygen atoms in total. The van der Waals surface area contributed by atoms with Gasteiger partial charge in [-0.05, 0) is 6.92 Å². The minimum atomic E-state index is -1.63. The van der Waals surface area contributed by atoms with E-state index in [1.165, 1.54) is 24.3 Å². The molecule has 3 aromatic rings. The molecule has 0 unspecified atom stereocenters. The normalized spacial score (nSPS) is 18.2. The van der Waals surface area contributed by atoms with Gasteiger partial charge in [-0.3, -0.25) is 24.4 Å². The first kappa shape index (κ1) is 29.8. The summed E-state index contributed by atoms with van der Waals surface area (Å²) < 4.78 is 10.8. The number of nitrogens with one attached hydrogen (secondary N) is 2. The maximum atomic E-state index is 13.1. The highest BCUT2D eigenvalue weighted by molar-refractivity contribution is 8.01. The molecule has 2 amide bonds. The number of fused-ring (bicyclic) bond motifs is 2. The van der Waals surface area contributed by atoms with Gasteiger partial charge in [0.2, 0.25) is 5.88 Å². The Balaban J connectivity index is 1.32. The number of hydrogen-bond donors (Lipinski definition) is 4. The van der Waals surface area contributed by atoms with Crippen LogP contribution in [0.3, 0.4) is 0 Å². The van der Waals surface area contributed by atoms with Crippen LogP contribution in [0.1, 0.15) is 23.0 Å². The molecule has 5 N–H and O–H groups in total. The van der Waals surface area contributed by atoms with Crippen molar-refractivity contribution < 1.29 is 38.6 Å². The van der Waals surface area contributed by atoms with Gasteiger partial charge >= 0.3 is 12.1 Å². The number of nitrogens with zero attached hydrogens (tertiary/aromatic N) is 6. The Morgan fingerprint density at radius 1 is 1.33 bits per heavy atom. The van der Waals surface area contributed by atoms with Gasteiger partial charge in [0, 0.05) is 22.5 Å². The van der Waals surface area contributed by atoms with Crippen LogP contribution in [-0.2, 0) is 23.9 Å². The van der Waals surface area contributed by atoms with E-state index in [-0.39, 0.29) is 57.0 Å². The predicted octanol–water partition coefficient (Wildman–Crippen LogP) is 0.0819. The van der Waals surface area contributed by atoms with Gasteiger partial charge in [-0.1, -0.05) is 16.9 Å². The van der Waals surface area contributed by atoms with E-state index >= 15 is 0 Å². The molecule has 3 aromatic heterocycles. The third kappa shape index (κ3) is 5.85. The molecule has 2 aliphatic rings. The zero-order valence-corrected chi connectivity index (χ0v) is 24.6. The molecule has 0 spiro atoms. The SMILES string of the molecule is CCOC(=O)c1cnc2nc(SCC3=C(OC(=O)O)N4C(=O)[C@@H](NC(=O)/C(=N\OC)c5csc(N)n5)[C@H]4SC3)[nH]n2c1=O. The van der Waals surface area contributed by atoms with E-state index < -0.39 is 40.9 Å². The van der Waals surface area contributed by atoms with Crippen LogP contribution < -0.4 is 16.6 Å². The quantitative estimate of drug-likeness (QED) is 0.0745. The fourth-order valence-electron chi connectivity index (χ4n) is 4.02. The number of nitrogens with two attached hydrogens (primary N) is 1. The van der Waals surface area contributed by atoms with E-state index in [0.717, 1.165) is 38.7 Å². The highest BCUT2D eigenvalue weighted by atomic mass is 32.2. The number of esters is 1. The summed E-state index contributed by atoms with van der Waals surface area (Å²) in [6.45, 7) is 1.69. The number of anilines is 1. The fourth-order valence-corrected chi connectivity index (χ4v) is 6.86. The largest absolute Gasteiger partial charge is 0.512 e. The standard InChI is InChI=1S/C22H21N9O9S3/c1-3-39-18(35)9-4-24-20-27-21(28-31(20)14(9)33)43-6-8-5-41-17-12(15(34)30(17)16(8)40-22(36)37)26-13(32)11(29-38-2)10-7-42-19(23)25-10/h4,7,12,17H,3,5-6H2,1-2H3,(H2,23,25)(H,26,32)(H,36,37)(H,24,27,28)/b29-11-/t12-,17-/m1/s1. The van der Waals surface area contributed by atoms with Gasteiger partial charge in [0.25, 0.3) is 23.2 Å². The number of amides is 2.